The van der Waals surface area contributed by atoms with Gasteiger partial charge in [-0.25, -0.2) is 9.18 Å². The molecular weight excluding hydrogens is 342 g/mol. The molecule has 0 saturated carbocycles. The summed E-state index contributed by atoms with van der Waals surface area (Å²) >= 11 is 0. The second-order valence-corrected chi connectivity index (χ2v) is 5.75. The second kappa shape index (κ2) is 7.93. The number of ether oxygens (including phenoxy) is 2. The lowest BCUT2D eigenvalue weighted by molar-refractivity contribution is -0.130. The van der Waals surface area contributed by atoms with Gasteiger partial charge in [-0.1, -0.05) is 25.3 Å². The number of halogens is 2. The monoisotopic (exact) mass is 360 g/mol. The largest absolute Gasteiger partial charge is 0.461 e. The Kier molecular flexibility index (Phi) is 5.90. The van der Waals surface area contributed by atoms with E-state index >= 15 is 0 Å². The van der Waals surface area contributed by atoms with Gasteiger partial charge in [0.15, 0.2) is 11.6 Å². The second-order valence-electron chi connectivity index (χ2n) is 5.75. The van der Waals surface area contributed by atoms with Crippen LogP contribution in [0.1, 0.15) is 13.8 Å². The van der Waals surface area contributed by atoms with Gasteiger partial charge in [0.2, 0.25) is 12.1 Å². The first kappa shape index (κ1) is 19.3. The molecule has 0 aromatic heterocycles. The number of hydrogen-bond donors (Lipinski definition) is 1. The molecule has 4 nitrogen and oxygen atoms in total. The zero-order chi connectivity index (χ0) is 19.4. The van der Waals surface area contributed by atoms with Gasteiger partial charge in [-0.2, -0.15) is 4.39 Å². The van der Waals surface area contributed by atoms with Crippen molar-refractivity contribution in [3.8, 4) is 22.6 Å². The molecule has 0 bridgehead atoms. The number of aliphatic hydroxyl groups excluding tert-OH is 1. The Morgan fingerprint density at radius 1 is 1.04 bits per heavy atom. The lowest BCUT2D eigenvalue weighted by atomic mass is 10.0. The summed E-state index contributed by atoms with van der Waals surface area (Å²) in [5.74, 6) is -3.42. The molecule has 0 spiro atoms. The summed E-state index contributed by atoms with van der Waals surface area (Å²) < 4.78 is 38.5. The molecule has 0 amide bonds. The Bertz CT molecular complexity index is 857. The average molecular weight is 360 g/mol. The van der Waals surface area contributed by atoms with E-state index in [1.807, 2.05) is 0 Å². The van der Waals surface area contributed by atoms with Crippen LogP contribution in [0.3, 0.4) is 0 Å². The molecule has 6 heteroatoms. The highest BCUT2D eigenvalue weighted by Gasteiger charge is 2.18. The third kappa shape index (κ3) is 4.34. The Morgan fingerprint density at radius 2 is 1.65 bits per heavy atom. The van der Waals surface area contributed by atoms with E-state index in [9.17, 15) is 18.7 Å². The first-order chi connectivity index (χ1) is 12.2. The molecule has 136 valence electrons. The molecule has 26 heavy (non-hydrogen) atoms. The van der Waals surface area contributed by atoms with Gasteiger partial charge in [0.25, 0.3) is 0 Å². The van der Waals surface area contributed by atoms with Crippen LogP contribution in [0.15, 0.2) is 60.7 Å². The van der Waals surface area contributed by atoms with Crippen LogP contribution < -0.4 is 9.47 Å². The van der Waals surface area contributed by atoms with Crippen LogP contribution in [0, 0.1) is 11.6 Å². The molecule has 0 aliphatic rings. The van der Waals surface area contributed by atoms with E-state index in [1.54, 1.807) is 6.92 Å². The van der Waals surface area contributed by atoms with Gasteiger partial charge < -0.3 is 14.6 Å². The minimum absolute atomic E-state index is 0.00961. The van der Waals surface area contributed by atoms with Crippen LogP contribution in [0.4, 0.5) is 8.78 Å². The number of benzene rings is 2. The predicted molar refractivity (Wildman–Crippen MR) is 93.7 cm³/mol. The highest BCUT2D eigenvalue weighted by molar-refractivity contribution is 5.88. The maximum Gasteiger partial charge on any atom is 0.338 e. The van der Waals surface area contributed by atoms with Crippen LogP contribution in [0.2, 0.25) is 0 Å². The predicted octanol–water partition coefficient (Wildman–Crippen LogP) is 4.39. The summed E-state index contributed by atoms with van der Waals surface area (Å²) in [6, 6.07) is 8.51. The summed E-state index contributed by atoms with van der Waals surface area (Å²) in [4.78, 5) is 11.5. The van der Waals surface area contributed by atoms with E-state index in [-0.39, 0.29) is 11.1 Å². The molecule has 2 aromatic carbocycles. The standard InChI is InChI=1S/C20H18F2O4/c1-11(2)19(23)25-14-7-5-13(6-8-14)15-9-10-16(18(22)17(15)21)26-20(24)12(3)4/h5-10,19,23H,1,3H2,2,4H3. The number of aliphatic hydroxyl groups is 1. The number of esters is 1. The Labute approximate surface area is 150 Å². The van der Waals surface area contributed by atoms with Crippen molar-refractivity contribution in [1.82, 2.24) is 0 Å². The highest BCUT2D eigenvalue weighted by atomic mass is 19.2. The van der Waals surface area contributed by atoms with Crippen molar-refractivity contribution in [3.05, 3.63) is 72.3 Å². The Balaban J connectivity index is 2.26. The van der Waals surface area contributed by atoms with Crippen molar-refractivity contribution >= 4 is 5.97 Å². The van der Waals surface area contributed by atoms with Crippen LogP contribution in [-0.4, -0.2) is 17.4 Å². The van der Waals surface area contributed by atoms with Gasteiger partial charge in [-0.3, -0.25) is 0 Å². The molecule has 0 aliphatic carbocycles. The number of carbonyl (C=O) groups excluding carboxylic acids is 1. The first-order valence-corrected chi connectivity index (χ1v) is 7.67. The van der Waals surface area contributed by atoms with Crippen molar-refractivity contribution in [1.29, 1.82) is 0 Å². The van der Waals surface area contributed by atoms with Crippen molar-refractivity contribution in [2.75, 3.05) is 0 Å². The number of rotatable bonds is 6. The van der Waals surface area contributed by atoms with E-state index < -0.39 is 29.6 Å². The van der Waals surface area contributed by atoms with E-state index in [0.717, 1.165) is 0 Å². The van der Waals surface area contributed by atoms with Crippen molar-refractivity contribution in [2.45, 2.75) is 20.1 Å². The Morgan fingerprint density at radius 3 is 2.19 bits per heavy atom. The normalized spacial score (nSPS) is 11.6. The molecule has 1 unspecified atom stereocenters. The third-order valence-electron chi connectivity index (χ3n) is 3.43. The summed E-state index contributed by atoms with van der Waals surface area (Å²) in [7, 11) is 0. The topological polar surface area (TPSA) is 55.8 Å². The zero-order valence-corrected chi connectivity index (χ0v) is 14.4. The fraction of sp³-hybridized carbons (Fsp3) is 0.150. The highest BCUT2D eigenvalue weighted by Crippen LogP contribution is 2.31. The summed E-state index contributed by atoms with van der Waals surface area (Å²) in [6.45, 7) is 9.96. The van der Waals surface area contributed by atoms with Crippen molar-refractivity contribution in [3.63, 3.8) is 0 Å². The summed E-state index contributed by atoms with van der Waals surface area (Å²) in [5.41, 5.74) is 0.879. The maximum atomic E-state index is 14.3. The molecule has 1 atom stereocenters. The number of carbonyl (C=O) groups is 1. The van der Waals surface area contributed by atoms with E-state index in [1.165, 1.54) is 43.3 Å². The molecule has 0 aliphatic heterocycles. The van der Waals surface area contributed by atoms with Gasteiger partial charge in [0, 0.05) is 11.1 Å². The maximum absolute atomic E-state index is 14.3. The third-order valence-corrected chi connectivity index (χ3v) is 3.43. The average Bonchev–Trinajstić information content (AvgIpc) is 2.59. The molecule has 0 fully saturated rings. The molecule has 0 radical (unpaired) electrons. The van der Waals surface area contributed by atoms with Gasteiger partial charge in [0.05, 0.1) is 0 Å². The molecule has 2 rings (SSSR count). The first-order valence-electron chi connectivity index (χ1n) is 7.67. The minimum atomic E-state index is -1.27. The molecule has 0 saturated heterocycles. The molecular formula is C20H18F2O4. The SMILES string of the molecule is C=C(C)C(=O)Oc1ccc(-c2ccc(OC(O)C(=C)C)cc2)c(F)c1F. The van der Waals surface area contributed by atoms with Gasteiger partial charge >= 0.3 is 5.97 Å². The Hall–Kier alpha value is -2.99. The lowest BCUT2D eigenvalue weighted by Crippen LogP contribution is -2.15. The van der Waals surface area contributed by atoms with E-state index in [2.05, 4.69) is 13.2 Å². The van der Waals surface area contributed by atoms with Crippen LogP contribution >= 0.6 is 0 Å². The summed E-state index contributed by atoms with van der Waals surface area (Å²) in [6.07, 6.45) is -1.16. The molecule has 2 aromatic rings. The van der Waals surface area contributed by atoms with Crippen molar-refractivity contribution < 1.29 is 28.2 Å². The van der Waals surface area contributed by atoms with Crippen LogP contribution in [0.25, 0.3) is 11.1 Å². The van der Waals surface area contributed by atoms with Gasteiger partial charge in [0.1, 0.15) is 5.75 Å². The number of hydrogen-bond acceptors (Lipinski definition) is 4. The summed E-state index contributed by atoms with van der Waals surface area (Å²) in [5, 5.41) is 9.61. The fourth-order valence-corrected chi connectivity index (χ4v) is 1.96. The smallest absolute Gasteiger partial charge is 0.338 e. The molecule has 1 N–H and O–H groups in total. The van der Waals surface area contributed by atoms with Crippen LogP contribution in [0.5, 0.6) is 11.5 Å². The van der Waals surface area contributed by atoms with Gasteiger partial charge in [-0.15, -0.1) is 0 Å². The van der Waals surface area contributed by atoms with Gasteiger partial charge in [-0.05, 0) is 49.2 Å². The zero-order valence-electron chi connectivity index (χ0n) is 14.4. The quantitative estimate of drug-likeness (QED) is 0.273. The fourth-order valence-electron chi connectivity index (χ4n) is 1.96. The van der Waals surface area contributed by atoms with E-state index in [0.29, 0.717) is 16.9 Å². The minimum Gasteiger partial charge on any atom is -0.461 e. The van der Waals surface area contributed by atoms with E-state index in [4.69, 9.17) is 9.47 Å². The van der Waals surface area contributed by atoms with Crippen LogP contribution in [-0.2, 0) is 4.79 Å². The lowest BCUT2D eigenvalue weighted by Gasteiger charge is -2.14. The van der Waals surface area contributed by atoms with Crippen molar-refractivity contribution in [2.24, 2.45) is 0 Å². The molecule has 0 heterocycles.